The first kappa shape index (κ1) is 21.8. The highest BCUT2D eigenvalue weighted by molar-refractivity contribution is 5.88. The van der Waals surface area contributed by atoms with Gasteiger partial charge in [-0.2, -0.15) is 0 Å². The number of carboxylic acids is 1. The lowest BCUT2D eigenvalue weighted by Gasteiger charge is -2.25. The fourth-order valence-corrected chi connectivity index (χ4v) is 4.17. The molecular weight excluding hydrogens is 412 g/mol. The first-order valence-corrected chi connectivity index (χ1v) is 10.6. The number of hydrogen-bond acceptors (Lipinski definition) is 5. The SMILES string of the molecule is CC(CO)(NC(=O)CC1(NC(=O)OCC2c3ccccc3-c3ccccc32)CC1)C(=O)O. The minimum Gasteiger partial charge on any atom is -0.479 e. The Kier molecular flexibility index (Phi) is 5.64. The van der Waals surface area contributed by atoms with E-state index in [1.165, 1.54) is 6.92 Å². The van der Waals surface area contributed by atoms with E-state index in [1.54, 1.807) is 0 Å². The maximum Gasteiger partial charge on any atom is 0.407 e. The minimum absolute atomic E-state index is 0.0626. The van der Waals surface area contributed by atoms with Gasteiger partial charge in [-0.25, -0.2) is 9.59 Å². The van der Waals surface area contributed by atoms with Crippen molar-refractivity contribution in [1.82, 2.24) is 10.6 Å². The van der Waals surface area contributed by atoms with Crippen LogP contribution in [0.1, 0.15) is 43.2 Å². The summed E-state index contributed by atoms with van der Waals surface area (Å²) in [5.74, 6) is -1.95. The van der Waals surface area contributed by atoms with E-state index in [-0.39, 0.29) is 18.9 Å². The summed E-state index contributed by atoms with van der Waals surface area (Å²) in [5, 5.41) is 23.6. The quantitative estimate of drug-likeness (QED) is 0.502. The summed E-state index contributed by atoms with van der Waals surface area (Å²) in [6.45, 7) is 0.663. The number of benzene rings is 2. The molecule has 0 spiro atoms. The van der Waals surface area contributed by atoms with Gasteiger partial charge in [-0.3, -0.25) is 4.79 Å². The maximum absolute atomic E-state index is 12.5. The van der Waals surface area contributed by atoms with Crippen LogP contribution in [-0.2, 0) is 14.3 Å². The molecule has 0 aliphatic heterocycles. The molecule has 1 atom stereocenters. The van der Waals surface area contributed by atoms with Crippen molar-refractivity contribution >= 4 is 18.0 Å². The Bertz CT molecular complexity index is 1020. The van der Waals surface area contributed by atoms with E-state index in [9.17, 15) is 24.6 Å². The summed E-state index contributed by atoms with van der Waals surface area (Å²) in [4.78, 5) is 36.1. The Hall–Kier alpha value is -3.39. The first-order chi connectivity index (χ1) is 15.3. The van der Waals surface area contributed by atoms with Crippen LogP contribution in [-0.4, -0.2) is 52.5 Å². The van der Waals surface area contributed by atoms with Crippen LogP contribution < -0.4 is 10.6 Å². The van der Waals surface area contributed by atoms with Crippen molar-refractivity contribution in [2.24, 2.45) is 0 Å². The van der Waals surface area contributed by atoms with Crippen LogP contribution in [0.3, 0.4) is 0 Å². The van der Waals surface area contributed by atoms with Gasteiger partial charge < -0.3 is 25.6 Å². The van der Waals surface area contributed by atoms with Gasteiger partial charge in [0.05, 0.1) is 12.1 Å². The largest absolute Gasteiger partial charge is 0.479 e. The molecule has 2 amide bonds. The molecule has 2 aromatic carbocycles. The second-order valence-corrected chi connectivity index (χ2v) is 8.75. The Morgan fingerprint density at radius 3 is 2.12 bits per heavy atom. The summed E-state index contributed by atoms with van der Waals surface area (Å²) < 4.78 is 5.54. The molecule has 2 aromatic rings. The highest BCUT2D eigenvalue weighted by Crippen LogP contribution is 2.44. The van der Waals surface area contributed by atoms with Crippen LogP contribution in [0.4, 0.5) is 4.79 Å². The van der Waals surface area contributed by atoms with E-state index in [4.69, 9.17) is 4.74 Å². The molecule has 4 N–H and O–H groups in total. The zero-order valence-electron chi connectivity index (χ0n) is 17.8. The number of fused-ring (bicyclic) bond motifs is 3. The van der Waals surface area contributed by atoms with Crippen LogP contribution in [0.5, 0.6) is 0 Å². The van der Waals surface area contributed by atoms with Crippen LogP contribution in [0.2, 0.25) is 0 Å². The Balaban J connectivity index is 1.36. The number of carbonyl (C=O) groups excluding carboxylic acids is 2. The van der Waals surface area contributed by atoms with Crippen molar-refractivity contribution in [2.75, 3.05) is 13.2 Å². The molecule has 8 nitrogen and oxygen atoms in total. The number of aliphatic carboxylic acids is 1. The third kappa shape index (κ3) is 4.18. The average Bonchev–Trinajstić information content (AvgIpc) is 3.43. The second-order valence-electron chi connectivity index (χ2n) is 8.75. The normalized spacial score (nSPS) is 17.4. The van der Waals surface area contributed by atoms with Crippen molar-refractivity contribution in [3.8, 4) is 11.1 Å². The van der Waals surface area contributed by atoms with Gasteiger partial charge >= 0.3 is 12.1 Å². The molecule has 1 unspecified atom stereocenters. The Labute approximate surface area is 185 Å². The zero-order valence-corrected chi connectivity index (χ0v) is 17.8. The van der Waals surface area contributed by atoms with E-state index in [0.717, 1.165) is 22.3 Å². The van der Waals surface area contributed by atoms with Crippen molar-refractivity contribution < 1.29 is 29.3 Å². The van der Waals surface area contributed by atoms with E-state index in [2.05, 4.69) is 22.8 Å². The van der Waals surface area contributed by atoms with Gasteiger partial charge in [-0.05, 0) is 42.0 Å². The molecule has 2 aliphatic carbocycles. The highest BCUT2D eigenvalue weighted by atomic mass is 16.5. The molecule has 0 aromatic heterocycles. The number of ether oxygens (including phenoxy) is 1. The van der Waals surface area contributed by atoms with E-state index in [0.29, 0.717) is 12.8 Å². The predicted molar refractivity (Wildman–Crippen MR) is 116 cm³/mol. The van der Waals surface area contributed by atoms with Crippen molar-refractivity contribution in [3.05, 3.63) is 59.7 Å². The number of amides is 2. The predicted octanol–water partition coefficient (Wildman–Crippen LogP) is 2.40. The van der Waals surface area contributed by atoms with Gasteiger partial charge in [-0.1, -0.05) is 48.5 Å². The standard InChI is InChI=1S/C24H26N2O6/c1-23(14-27,21(29)30)25-20(28)12-24(10-11-24)26-22(31)32-13-19-17-8-4-2-6-15(17)16-7-3-5-9-18(16)19/h2-9,19,27H,10-14H2,1H3,(H,25,28)(H,26,31)(H,29,30). The second kappa shape index (κ2) is 8.27. The molecule has 1 fully saturated rings. The molecule has 2 aliphatic rings. The van der Waals surface area contributed by atoms with Crippen molar-refractivity contribution in [1.29, 1.82) is 0 Å². The van der Waals surface area contributed by atoms with Crippen LogP contribution in [0.15, 0.2) is 48.5 Å². The fourth-order valence-electron chi connectivity index (χ4n) is 4.17. The molecule has 168 valence electrons. The smallest absolute Gasteiger partial charge is 0.407 e. The molecule has 32 heavy (non-hydrogen) atoms. The molecule has 1 saturated carbocycles. The summed E-state index contributed by atoms with van der Waals surface area (Å²) in [7, 11) is 0. The first-order valence-electron chi connectivity index (χ1n) is 10.6. The van der Waals surface area contributed by atoms with Crippen LogP contribution in [0, 0.1) is 0 Å². The van der Waals surface area contributed by atoms with E-state index in [1.807, 2.05) is 36.4 Å². The molecule has 0 radical (unpaired) electrons. The van der Waals surface area contributed by atoms with E-state index < -0.39 is 35.7 Å². The Morgan fingerprint density at radius 2 is 1.62 bits per heavy atom. The number of hydrogen-bond donors (Lipinski definition) is 4. The lowest BCUT2D eigenvalue weighted by atomic mass is 9.98. The number of aliphatic hydroxyl groups is 1. The summed E-state index contributed by atoms with van der Waals surface area (Å²) in [6.07, 6.45) is 0.488. The van der Waals surface area contributed by atoms with Gasteiger partial charge in [0.1, 0.15) is 6.61 Å². The van der Waals surface area contributed by atoms with E-state index >= 15 is 0 Å². The molecule has 4 rings (SSSR count). The summed E-state index contributed by atoms with van der Waals surface area (Å²) in [5.41, 5.74) is 1.98. The lowest BCUT2D eigenvalue weighted by molar-refractivity contribution is -0.148. The highest BCUT2D eigenvalue weighted by Gasteiger charge is 2.47. The van der Waals surface area contributed by atoms with Gasteiger partial charge in [0.2, 0.25) is 5.91 Å². The fraction of sp³-hybridized carbons (Fsp3) is 0.375. The van der Waals surface area contributed by atoms with Gasteiger partial charge in [0.25, 0.3) is 0 Å². The number of nitrogens with one attached hydrogen (secondary N) is 2. The number of alkyl carbamates (subject to hydrolysis) is 1. The monoisotopic (exact) mass is 438 g/mol. The Morgan fingerprint density at radius 1 is 1.06 bits per heavy atom. The number of aliphatic hydroxyl groups excluding tert-OH is 1. The third-order valence-corrected chi connectivity index (χ3v) is 6.27. The number of carboxylic acid groups (broad SMARTS) is 1. The summed E-state index contributed by atoms with van der Waals surface area (Å²) in [6, 6.07) is 16.1. The van der Waals surface area contributed by atoms with Gasteiger partial charge in [0.15, 0.2) is 5.54 Å². The molecule has 0 saturated heterocycles. The van der Waals surface area contributed by atoms with Gasteiger partial charge in [-0.15, -0.1) is 0 Å². The topological polar surface area (TPSA) is 125 Å². The van der Waals surface area contributed by atoms with Gasteiger partial charge in [0, 0.05) is 12.3 Å². The zero-order chi connectivity index (χ0) is 22.9. The van der Waals surface area contributed by atoms with Crippen molar-refractivity contribution in [3.63, 3.8) is 0 Å². The molecule has 0 heterocycles. The maximum atomic E-state index is 12.5. The third-order valence-electron chi connectivity index (χ3n) is 6.27. The number of rotatable bonds is 8. The lowest BCUT2D eigenvalue weighted by Crippen LogP contribution is -2.56. The molecule has 0 bridgehead atoms. The minimum atomic E-state index is -1.77. The van der Waals surface area contributed by atoms with Crippen LogP contribution in [0.25, 0.3) is 11.1 Å². The average molecular weight is 438 g/mol. The molecular formula is C24H26N2O6. The van der Waals surface area contributed by atoms with Crippen molar-refractivity contribution in [2.45, 2.75) is 43.2 Å². The molecule has 8 heteroatoms. The number of carbonyl (C=O) groups is 3. The summed E-state index contributed by atoms with van der Waals surface area (Å²) >= 11 is 0. The van der Waals surface area contributed by atoms with Crippen LogP contribution >= 0.6 is 0 Å².